The van der Waals surface area contributed by atoms with E-state index in [9.17, 15) is 9.59 Å². The van der Waals surface area contributed by atoms with Crippen LogP contribution in [0.25, 0.3) is 0 Å². The van der Waals surface area contributed by atoms with Gasteiger partial charge in [-0.25, -0.2) is 0 Å². The topological polar surface area (TPSA) is 52.6 Å². The molecule has 0 spiro atoms. The van der Waals surface area contributed by atoms with Gasteiger partial charge in [-0.15, -0.1) is 0 Å². The van der Waals surface area contributed by atoms with E-state index in [0.717, 1.165) is 12.0 Å². The molecule has 2 rings (SSSR count). The molecule has 0 aromatic heterocycles. The first kappa shape index (κ1) is 20.4. The molecule has 4 nitrogen and oxygen atoms in total. The van der Waals surface area contributed by atoms with Gasteiger partial charge in [-0.2, -0.15) is 0 Å². The van der Waals surface area contributed by atoms with E-state index in [1.165, 1.54) is 12.7 Å². The fourth-order valence-electron chi connectivity index (χ4n) is 3.51. The molecule has 1 aromatic rings. The van der Waals surface area contributed by atoms with E-state index in [-0.39, 0.29) is 11.9 Å². The highest BCUT2D eigenvalue weighted by Crippen LogP contribution is 2.40. The second kappa shape index (κ2) is 8.17. The SMILES string of the molecule is C=C1C(=O)[C@](C)(C(=O)OC)C(CCc2ccc(C)cc2)O[C@@H]1CC(C)C. The minimum absolute atomic E-state index is 0.254. The van der Waals surface area contributed by atoms with Gasteiger partial charge in [-0.1, -0.05) is 50.3 Å². The Balaban J connectivity index is 2.26. The summed E-state index contributed by atoms with van der Waals surface area (Å²) >= 11 is 0. The number of methoxy groups -OCH3 is 1. The lowest BCUT2D eigenvalue weighted by Crippen LogP contribution is -2.55. The van der Waals surface area contributed by atoms with Gasteiger partial charge in [-0.05, 0) is 44.6 Å². The molecule has 1 fully saturated rings. The van der Waals surface area contributed by atoms with Gasteiger partial charge in [0, 0.05) is 5.57 Å². The molecule has 4 heteroatoms. The fraction of sp³-hybridized carbons (Fsp3) is 0.545. The van der Waals surface area contributed by atoms with Gasteiger partial charge in [0.15, 0.2) is 11.2 Å². The Morgan fingerprint density at radius 2 is 1.92 bits per heavy atom. The van der Waals surface area contributed by atoms with Gasteiger partial charge < -0.3 is 9.47 Å². The maximum Gasteiger partial charge on any atom is 0.322 e. The molecule has 0 saturated carbocycles. The Morgan fingerprint density at radius 3 is 2.46 bits per heavy atom. The third kappa shape index (κ3) is 4.07. The molecule has 1 aromatic carbocycles. The molecule has 3 atom stereocenters. The van der Waals surface area contributed by atoms with Crippen LogP contribution in [0, 0.1) is 18.3 Å². The molecular formula is C22H30O4. The molecule has 0 amide bonds. The second-order valence-electron chi connectivity index (χ2n) is 7.82. The number of hydrogen-bond donors (Lipinski definition) is 0. The molecule has 1 aliphatic rings. The van der Waals surface area contributed by atoms with Gasteiger partial charge in [0.25, 0.3) is 0 Å². The molecule has 1 saturated heterocycles. The number of benzene rings is 1. The van der Waals surface area contributed by atoms with Crippen LogP contribution in [0.5, 0.6) is 0 Å². The van der Waals surface area contributed by atoms with Crippen molar-refractivity contribution in [1.82, 2.24) is 0 Å². The van der Waals surface area contributed by atoms with Crippen molar-refractivity contribution in [3.05, 3.63) is 47.5 Å². The highest BCUT2D eigenvalue weighted by molar-refractivity contribution is 6.13. The third-order valence-electron chi connectivity index (χ3n) is 5.24. The molecule has 1 unspecified atom stereocenters. The van der Waals surface area contributed by atoms with Crippen LogP contribution in [-0.2, 0) is 25.5 Å². The first-order valence-corrected chi connectivity index (χ1v) is 9.23. The normalized spacial score (nSPS) is 26.2. The summed E-state index contributed by atoms with van der Waals surface area (Å²) in [6.07, 6.45) is 1.14. The predicted octanol–water partition coefficient (Wildman–Crippen LogP) is 4.05. The van der Waals surface area contributed by atoms with E-state index in [1.54, 1.807) is 6.92 Å². The number of carbonyl (C=O) groups excluding carboxylic acids is 2. The highest BCUT2D eigenvalue weighted by atomic mass is 16.5. The summed E-state index contributed by atoms with van der Waals surface area (Å²) in [6.45, 7) is 11.7. The third-order valence-corrected chi connectivity index (χ3v) is 5.24. The van der Waals surface area contributed by atoms with Crippen molar-refractivity contribution in [3.63, 3.8) is 0 Å². The van der Waals surface area contributed by atoms with Crippen LogP contribution in [-0.4, -0.2) is 31.1 Å². The average Bonchev–Trinajstić information content (AvgIpc) is 2.61. The summed E-state index contributed by atoms with van der Waals surface area (Å²) < 4.78 is 11.2. The Hall–Kier alpha value is -1.94. The van der Waals surface area contributed by atoms with Crippen molar-refractivity contribution in [2.24, 2.45) is 11.3 Å². The first-order chi connectivity index (χ1) is 12.2. The van der Waals surface area contributed by atoms with Crippen LogP contribution < -0.4 is 0 Å². The predicted molar refractivity (Wildman–Crippen MR) is 102 cm³/mol. The van der Waals surface area contributed by atoms with Crippen molar-refractivity contribution in [2.75, 3.05) is 7.11 Å². The van der Waals surface area contributed by atoms with Gasteiger partial charge >= 0.3 is 5.97 Å². The highest BCUT2D eigenvalue weighted by Gasteiger charge is 2.55. The summed E-state index contributed by atoms with van der Waals surface area (Å²) in [4.78, 5) is 25.5. The van der Waals surface area contributed by atoms with Gasteiger partial charge in [-0.3, -0.25) is 9.59 Å². The molecule has 142 valence electrons. The van der Waals surface area contributed by atoms with Crippen molar-refractivity contribution in [3.8, 4) is 0 Å². The van der Waals surface area contributed by atoms with Crippen LogP contribution in [0.2, 0.25) is 0 Å². The van der Waals surface area contributed by atoms with E-state index >= 15 is 0 Å². The fourth-order valence-corrected chi connectivity index (χ4v) is 3.51. The zero-order chi connectivity index (χ0) is 19.5. The average molecular weight is 358 g/mol. The molecule has 0 bridgehead atoms. The molecule has 0 N–H and O–H groups in total. The maximum atomic E-state index is 13.0. The molecule has 26 heavy (non-hydrogen) atoms. The Bertz CT molecular complexity index is 674. The summed E-state index contributed by atoms with van der Waals surface area (Å²) in [5, 5.41) is 0. The summed E-state index contributed by atoms with van der Waals surface area (Å²) in [5.74, 6) is -0.444. The minimum Gasteiger partial charge on any atom is -0.468 e. The maximum absolute atomic E-state index is 13.0. The minimum atomic E-state index is -1.34. The molecule has 1 heterocycles. The van der Waals surface area contributed by atoms with Crippen LogP contribution in [0.4, 0.5) is 0 Å². The zero-order valence-corrected chi connectivity index (χ0v) is 16.5. The van der Waals surface area contributed by atoms with E-state index in [0.29, 0.717) is 24.3 Å². The lowest BCUT2D eigenvalue weighted by molar-refractivity contribution is -0.176. The summed E-state index contributed by atoms with van der Waals surface area (Å²) in [5.41, 5.74) is 1.39. The number of ketones is 1. The van der Waals surface area contributed by atoms with Crippen LogP contribution in [0.1, 0.15) is 44.7 Å². The largest absolute Gasteiger partial charge is 0.468 e. The van der Waals surface area contributed by atoms with Crippen molar-refractivity contribution >= 4 is 11.8 Å². The van der Waals surface area contributed by atoms with Gasteiger partial charge in [0.05, 0.1) is 19.3 Å². The smallest absolute Gasteiger partial charge is 0.322 e. The van der Waals surface area contributed by atoms with Crippen molar-refractivity contribution in [2.45, 2.75) is 59.2 Å². The van der Waals surface area contributed by atoms with Crippen LogP contribution >= 0.6 is 0 Å². The van der Waals surface area contributed by atoms with Crippen LogP contribution in [0.3, 0.4) is 0 Å². The number of esters is 1. The molecular weight excluding hydrogens is 328 g/mol. The van der Waals surface area contributed by atoms with E-state index in [4.69, 9.17) is 9.47 Å². The Kier molecular flexibility index (Phi) is 6.40. The van der Waals surface area contributed by atoms with E-state index in [2.05, 4.69) is 44.7 Å². The first-order valence-electron chi connectivity index (χ1n) is 9.23. The Labute approximate surface area is 156 Å². The van der Waals surface area contributed by atoms with E-state index < -0.39 is 17.5 Å². The number of carbonyl (C=O) groups is 2. The lowest BCUT2D eigenvalue weighted by atomic mass is 9.71. The van der Waals surface area contributed by atoms with Gasteiger partial charge in [0.2, 0.25) is 0 Å². The number of ether oxygens (including phenoxy) is 2. The van der Waals surface area contributed by atoms with Crippen molar-refractivity contribution in [1.29, 1.82) is 0 Å². The number of hydrogen-bond acceptors (Lipinski definition) is 4. The van der Waals surface area contributed by atoms with Crippen molar-refractivity contribution < 1.29 is 19.1 Å². The Morgan fingerprint density at radius 1 is 1.31 bits per heavy atom. The zero-order valence-electron chi connectivity index (χ0n) is 16.5. The lowest BCUT2D eigenvalue weighted by Gasteiger charge is -2.42. The quantitative estimate of drug-likeness (QED) is 0.437. The number of Topliss-reactive ketones (excluding diaryl/α,β-unsaturated/α-hetero) is 1. The number of rotatable bonds is 6. The second-order valence-corrected chi connectivity index (χ2v) is 7.82. The van der Waals surface area contributed by atoms with Gasteiger partial charge in [0.1, 0.15) is 0 Å². The summed E-state index contributed by atoms with van der Waals surface area (Å²) in [6, 6.07) is 8.26. The van der Waals surface area contributed by atoms with Crippen LogP contribution in [0.15, 0.2) is 36.4 Å². The molecule has 0 aliphatic carbocycles. The number of aryl methyl sites for hydroxylation is 2. The molecule has 1 aliphatic heterocycles. The monoisotopic (exact) mass is 358 g/mol. The summed E-state index contributed by atoms with van der Waals surface area (Å²) in [7, 11) is 1.31. The van der Waals surface area contributed by atoms with E-state index in [1.807, 2.05) is 6.92 Å². The standard InChI is InChI=1S/C22H30O4/c1-14(2)13-18-16(4)20(23)22(5,21(24)25-6)19(26-18)12-11-17-9-7-15(3)8-10-17/h7-10,14,18-19H,4,11-13H2,1-3,5-6H3/t18-,19?,22-/m1/s1. The molecule has 0 radical (unpaired) electrons.